The van der Waals surface area contributed by atoms with E-state index in [4.69, 9.17) is 11.6 Å². The van der Waals surface area contributed by atoms with Crippen LogP contribution in [0.3, 0.4) is 0 Å². The third-order valence-electron chi connectivity index (χ3n) is 3.60. The molecule has 1 unspecified atom stereocenters. The molecule has 1 heterocycles. The number of aliphatic hydroxyl groups excluding tert-OH is 1. The molecule has 0 radical (unpaired) electrons. The molecular weight excluding hydrogens is 254 g/mol. The Morgan fingerprint density at radius 1 is 1.35 bits per heavy atom. The number of thiophene rings is 1. The SMILES string of the molecule is N#CC1(C(O)c2cc(Cl)cs2)CCCCCC1. The predicted octanol–water partition coefficient (Wildman–Crippen LogP) is 4.30. The van der Waals surface area contributed by atoms with E-state index in [1.807, 2.05) is 5.38 Å². The van der Waals surface area contributed by atoms with Crippen LogP contribution in [0.4, 0.5) is 0 Å². The molecule has 1 N–H and O–H groups in total. The maximum Gasteiger partial charge on any atom is 0.107 e. The van der Waals surface area contributed by atoms with Gasteiger partial charge in [0.15, 0.2) is 0 Å². The van der Waals surface area contributed by atoms with Crippen LogP contribution in [0.2, 0.25) is 5.02 Å². The summed E-state index contributed by atoms with van der Waals surface area (Å²) < 4.78 is 0. The zero-order valence-electron chi connectivity index (χ0n) is 9.66. The first-order valence-electron chi connectivity index (χ1n) is 6.01. The number of rotatable bonds is 2. The van der Waals surface area contributed by atoms with Crippen LogP contribution < -0.4 is 0 Å². The summed E-state index contributed by atoms with van der Waals surface area (Å²) in [6.07, 6.45) is 5.29. The number of halogens is 1. The molecule has 0 bridgehead atoms. The van der Waals surface area contributed by atoms with E-state index in [9.17, 15) is 10.4 Å². The van der Waals surface area contributed by atoms with Crippen molar-refractivity contribution in [1.29, 1.82) is 5.26 Å². The fourth-order valence-electron chi connectivity index (χ4n) is 2.55. The zero-order chi connectivity index (χ0) is 12.3. The lowest BCUT2D eigenvalue weighted by Crippen LogP contribution is -2.26. The molecule has 1 aliphatic rings. The highest BCUT2D eigenvalue weighted by Crippen LogP contribution is 2.46. The second kappa shape index (κ2) is 5.39. The van der Waals surface area contributed by atoms with E-state index in [2.05, 4.69) is 6.07 Å². The minimum Gasteiger partial charge on any atom is -0.386 e. The maximum absolute atomic E-state index is 10.5. The normalized spacial score (nSPS) is 21.5. The topological polar surface area (TPSA) is 44.0 Å². The standard InChI is InChI=1S/C13H16ClNOS/c14-10-7-11(17-8-10)12(16)13(9-15)5-3-1-2-4-6-13/h7-8,12,16H,1-6H2. The molecule has 1 aromatic rings. The molecule has 1 saturated carbocycles. The van der Waals surface area contributed by atoms with E-state index in [-0.39, 0.29) is 0 Å². The Hall–Kier alpha value is -0.560. The fraction of sp³-hybridized carbons (Fsp3) is 0.615. The number of nitrogens with zero attached hydrogens (tertiary/aromatic N) is 1. The quantitative estimate of drug-likeness (QED) is 0.814. The second-order valence-corrected chi connectivity index (χ2v) is 6.13. The van der Waals surface area contributed by atoms with Crippen LogP contribution in [0.15, 0.2) is 11.4 Å². The monoisotopic (exact) mass is 269 g/mol. The molecule has 0 aromatic carbocycles. The van der Waals surface area contributed by atoms with E-state index < -0.39 is 11.5 Å². The molecule has 0 amide bonds. The van der Waals surface area contributed by atoms with Crippen molar-refractivity contribution >= 4 is 22.9 Å². The molecule has 1 aliphatic carbocycles. The van der Waals surface area contributed by atoms with Crippen molar-refractivity contribution in [2.24, 2.45) is 5.41 Å². The highest BCUT2D eigenvalue weighted by Gasteiger charge is 2.39. The van der Waals surface area contributed by atoms with Crippen molar-refractivity contribution in [2.45, 2.75) is 44.6 Å². The Morgan fingerprint density at radius 2 is 2.00 bits per heavy atom. The van der Waals surface area contributed by atoms with Crippen molar-refractivity contribution in [3.63, 3.8) is 0 Å². The van der Waals surface area contributed by atoms with Gasteiger partial charge in [0.2, 0.25) is 0 Å². The lowest BCUT2D eigenvalue weighted by molar-refractivity contribution is 0.0546. The summed E-state index contributed by atoms with van der Waals surface area (Å²) in [4.78, 5) is 0.818. The Kier molecular flexibility index (Phi) is 4.09. The summed E-state index contributed by atoms with van der Waals surface area (Å²) in [5.74, 6) is 0. The number of aliphatic hydroxyl groups is 1. The molecule has 1 atom stereocenters. The van der Waals surface area contributed by atoms with E-state index in [0.29, 0.717) is 5.02 Å². The van der Waals surface area contributed by atoms with Crippen molar-refractivity contribution in [2.75, 3.05) is 0 Å². The molecule has 1 fully saturated rings. The van der Waals surface area contributed by atoms with Crippen molar-refractivity contribution in [3.8, 4) is 6.07 Å². The van der Waals surface area contributed by atoms with Crippen LogP contribution in [-0.4, -0.2) is 5.11 Å². The van der Waals surface area contributed by atoms with Gasteiger partial charge in [-0.2, -0.15) is 5.26 Å². The Morgan fingerprint density at radius 3 is 2.47 bits per heavy atom. The number of hydrogen-bond acceptors (Lipinski definition) is 3. The summed E-state index contributed by atoms with van der Waals surface area (Å²) >= 11 is 7.32. The second-order valence-electron chi connectivity index (χ2n) is 4.75. The summed E-state index contributed by atoms with van der Waals surface area (Å²) in [7, 11) is 0. The molecule has 1 aromatic heterocycles. The van der Waals surface area contributed by atoms with Gasteiger partial charge in [-0.25, -0.2) is 0 Å². The lowest BCUT2D eigenvalue weighted by Gasteiger charge is -2.29. The molecule has 92 valence electrons. The first kappa shape index (κ1) is 12.9. The van der Waals surface area contributed by atoms with Gasteiger partial charge in [0.25, 0.3) is 0 Å². The van der Waals surface area contributed by atoms with Gasteiger partial charge in [0.1, 0.15) is 6.10 Å². The third-order valence-corrected chi connectivity index (χ3v) is 4.93. The molecule has 0 spiro atoms. The van der Waals surface area contributed by atoms with E-state index >= 15 is 0 Å². The van der Waals surface area contributed by atoms with Gasteiger partial charge in [-0.1, -0.05) is 37.3 Å². The Bertz CT molecular complexity index is 415. The largest absolute Gasteiger partial charge is 0.386 e. The number of hydrogen-bond donors (Lipinski definition) is 1. The van der Waals surface area contributed by atoms with Crippen molar-refractivity contribution in [3.05, 3.63) is 21.3 Å². The minimum absolute atomic E-state index is 0.606. The Balaban J connectivity index is 2.25. The summed E-state index contributed by atoms with van der Waals surface area (Å²) in [6.45, 7) is 0. The minimum atomic E-state index is -0.692. The lowest BCUT2D eigenvalue weighted by atomic mass is 9.76. The predicted molar refractivity (Wildman–Crippen MR) is 70.0 cm³/mol. The number of nitriles is 1. The van der Waals surface area contributed by atoms with Crippen molar-refractivity contribution in [1.82, 2.24) is 0 Å². The molecule has 0 saturated heterocycles. The van der Waals surface area contributed by atoms with Gasteiger partial charge in [-0.3, -0.25) is 0 Å². The Labute approximate surface area is 111 Å². The maximum atomic E-state index is 10.5. The first-order chi connectivity index (χ1) is 8.18. The van der Waals surface area contributed by atoms with Crippen LogP contribution in [-0.2, 0) is 0 Å². The van der Waals surface area contributed by atoms with Crippen LogP contribution >= 0.6 is 22.9 Å². The van der Waals surface area contributed by atoms with Crippen molar-refractivity contribution < 1.29 is 5.11 Å². The molecule has 2 nitrogen and oxygen atoms in total. The fourth-order valence-corrected chi connectivity index (χ4v) is 3.73. The van der Waals surface area contributed by atoms with Crippen LogP contribution in [0.25, 0.3) is 0 Å². The molecule has 17 heavy (non-hydrogen) atoms. The summed E-state index contributed by atoms with van der Waals surface area (Å²) in [6, 6.07) is 4.16. The van der Waals surface area contributed by atoms with E-state index in [1.165, 1.54) is 24.2 Å². The van der Waals surface area contributed by atoms with Gasteiger partial charge >= 0.3 is 0 Å². The van der Waals surface area contributed by atoms with Gasteiger partial charge in [0, 0.05) is 10.3 Å². The van der Waals surface area contributed by atoms with Gasteiger partial charge < -0.3 is 5.11 Å². The smallest absolute Gasteiger partial charge is 0.107 e. The average molecular weight is 270 g/mol. The van der Waals surface area contributed by atoms with Gasteiger partial charge in [-0.05, 0) is 18.9 Å². The summed E-state index contributed by atoms with van der Waals surface area (Å²) in [5.41, 5.74) is -0.606. The van der Waals surface area contributed by atoms with E-state index in [0.717, 1.165) is 30.6 Å². The van der Waals surface area contributed by atoms with E-state index in [1.54, 1.807) is 6.07 Å². The molecule has 4 heteroatoms. The van der Waals surface area contributed by atoms with Crippen LogP contribution in [0.1, 0.15) is 49.5 Å². The van der Waals surface area contributed by atoms with Gasteiger partial charge in [-0.15, -0.1) is 11.3 Å². The summed E-state index contributed by atoms with van der Waals surface area (Å²) in [5, 5.41) is 22.4. The third kappa shape index (κ3) is 2.65. The van der Waals surface area contributed by atoms with Gasteiger partial charge in [0.05, 0.1) is 16.5 Å². The average Bonchev–Trinajstić information content (AvgIpc) is 2.64. The van der Waals surface area contributed by atoms with Crippen LogP contribution in [0.5, 0.6) is 0 Å². The molecular formula is C13H16ClNOS. The van der Waals surface area contributed by atoms with Crippen LogP contribution in [0, 0.1) is 16.7 Å². The molecule has 2 rings (SSSR count). The highest BCUT2D eigenvalue weighted by molar-refractivity contribution is 7.10. The zero-order valence-corrected chi connectivity index (χ0v) is 11.2. The first-order valence-corrected chi connectivity index (χ1v) is 7.27. The molecule has 0 aliphatic heterocycles. The highest BCUT2D eigenvalue weighted by atomic mass is 35.5.